The van der Waals surface area contributed by atoms with Crippen LogP contribution in [-0.2, 0) is 6.54 Å². The van der Waals surface area contributed by atoms with Crippen molar-refractivity contribution in [3.8, 4) is 0 Å². The topological polar surface area (TPSA) is 62.5 Å². The van der Waals surface area contributed by atoms with Gasteiger partial charge in [-0.05, 0) is 30.7 Å². The number of amides is 1. The highest BCUT2D eigenvalue weighted by atomic mass is 19.1. The molecule has 0 N–H and O–H groups in total. The highest BCUT2D eigenvalue weighted by Gasteiger charge is 2.21. The van der Waals surface area contributed by atoms with Crippen molar-refractivity contribution in [1.29, 1.82) is 0 Å². The first-order valence-corrected chi connectivity index (χ1v) is 7.68. The molecule has 2 aromatic rings. The van der Waals surface area contributed by atoms with E-state index in [-0.39, 0.29) is 11.7 Å². The molecule has 0 bridgehead atoms. The van der Waals surface area contributed by atoms with Crippen LogP contribution in [-0.4, -0.2) is 52.1 Å². The maximum Gasteiger partial charge on any atom is 0.253 e. The summed E-state index contributed by atoms with van der Waals surface area (Å²) in [6.45, 7) is 5.29. The molecular formula is C16H19FN4O2. The first kappa shape index (κ1) is 15.6. The first-order valence-electron chi connectivity index (χ1n) is 7.68. The Labute approximate surface area is 133 Å². The van der Waals surface area contributed by atoms with E-state index in [1.807, 2.05) is 4.90 Å². The Hall–Kier alpha value is -2.28. The summed E-state index contributed by atoms with van der Waals surface area (Å²) in [6.07, 6.45) is 0.875. The van der Waals surface area contributed by atoms with E-state index in [1.54, 1.807) is 6.92 Å². The fraction of sp³-hybridized carbons (Fsp3) is 0.438. The predicted molar refractivity (Wildman–Crippen MR) is 81.2 cm³/mol. The van der Waals surface area contributed by atoms with Crippen LogP contribution < -0.4 is 0 Å². The smallest absolute Gasteiger partial charge is 0.253 e. The van der Waals surface area contributed by atoms with Gasteiger partial charge in [0.25, 0.3) is 5.91 Å². The van der Waals surface area contributed by atoms with E-state index in [0.717, 1.165) is 19.5 Å². The molecular weight excluding hydrogens is 299 g/mol. The van der Waals surface area contributed by atoms with Gasteiger partial charge in [0.1, 0.15) is 5.82 Å². The highest BCUT2D eigenvalue weighted by Crippen LogP contribution is 2.12. The third-order valence-corrected chi connectivity index (χ3v) is 3.89. The molecule has 2 heterocycles. The van der Waals surface area contributed by atoms with Crippen LogP contribution in [0.3, 0.4) is 0 Å². The van der Waals surface area contributed by atoms with E-state index in [4.69, 9.17) is 4.42 Å². The minimum absolute atomic E-state index is 0.0551. The Kier molecular flexibility index (Phi) is 4.66. The van der Waals surface area contributed by atoms with Gasteiger partial charge in [-0.2, -0.15) is 0 Å². The Bertz CT molecular complexity index is 671. The van der Waals surface area contributed by atoms with Crippen molar-refractivity contribution in [2.24, 2.45) is 0 Å². The van der Waals surface area contributed by atoms with Crippen molar-refractivity contribution in [2.45, 2.75) is 19.9 Å². The molecule has 1 aromatic carbocycles. The van der Waals surface area contributed by atoms with Crippen LogP contribution in [0.25, 0.3) is 0 Å². The lowest BCUT2D eigenvalue weighted by molar-refractivity contribution is 0.0760. The summed E-state index contributed by atoms with van der Waals surface area (Å²) >= 11 is 0. The van der Waals surface area contributed by atoms with E-state index in [1.165, 1.54) is 24.3 Å². The van der Waals surface area contributed by atoms with Crippen LogP contribution >= 0.6 is 0 Å². The quantitative estimate of drug-likeness (QED) is 0.864. The minimum atomic E-state index is -0.335. The summed E-state index contributed by atoms with van der Waals surface area (Å²) in [5.41, 5.74) is 0.521. The maximum atomic E-state index is 13.0. The molecule has 3 rings (SSSR count). The molecule has 0 radical (unpaired) electrons. The number of carbonyl (C=O) groups is 1. The van der Waals surface area contributed by atoms with Gasteiger partial charge in [-0.15, -0.1) is 10.2 Å². The summed E-state index contributed by atoms with van der Waals surface area (Å²) < 4.78 is 18.4. The summed E-state index contributed by atoms with van der Waals surface area (Å²) in [4.78, 5) is 16.5. The number of rotatable bonds is 3. The van der Waals surface area contributed by atoms with E-state index in [9.17, 15) is 9.18 Å². The number of nitrogens with zero attached hydrogens (tertiary/aromatic N) is 4. The molecule has 1 aliphatic heterocycles. The van der Waals surface area contributed by atoms with Crippen molar-refractivity contribution in [3.63, 3.8) is 0 Å². The summed E-state index contributed by atoms with van der Waals surface area (Å²) in [6, 6.07) is 5.69. The zero-order valence-electron chi connectivity index (χ0n) is 13.0. The molecule has 1 saturated heterocycles. The van der Waals surface area contributed by atoms with Gasteiger partial charge in [-0.25, -0.2) is 4.39 Å². The third kappa shape index (κ3) is 3.92. The number of halogens is 1. The van der Waals surface area contributed by atoms with Crippen molar-refractivity contribution in [3.05, 3.63) is 47.4 Å². The largest absolute Gasteiger partial charge is 0.424 e. The molecule has 7 heteroatoms. The lowest BCUT2D eigenvalue weighted by Gasteiger charge is -2.21. The normalized spacial score (nSPS) is 16.3. The van der Waals surface area contributed by atoms with Gasteiger partial charge in [0.05, 0.1) is 6.54 Å². The fourth-order valence-corrected chi connectivity index (χ4v) is 2.70. The molecule has 0 unspecified atom stereocenters. The summed E-state index contributed by atoms with van der Waals surface area (Å²) in [5.74, 6) is 0.766. The van der Waals surface area contributed by atoms with Gasteiger partial charge in [-0.3, -0.25) is 9.69 Å². The van der Waals surface area contributed by atoms with Crippen LogP contribution in [0.4, 0.5) is 4.39 Å². The third-order valence-electron chi connectivity index (χ3n) is 3.89. The van der Waals surface area contributed by atoms with Gasteiger partial charge in [0.15, 0.2) is 0 Å². The predicted octanol–water partition coefficient (Wildman–Crippen LogP) is 1.87. The van der Waals surface area contributed by atoms with Gasteiger partial charge in [-0.1, -0.05) is 0 Å². The monoisotopic (exact) mass is 318 g/mol. The first-order chi connectivity index (χ1) is 11.1. The average molecular weight is 318 g/mol. The van der Waals surface area contributed by atoms with Gasteiger partial charge >= 0.3 is 0 Å². The van der Waals surface area contributed by atoms with Crippen molar-refractivity contribution in [2.75, 3.05) is 26.2 Å². The Morgan fingerprint density at radius 3 is 2.65 bits per heavy atom. The van der Waals surface area contributed by atoms with Gasteiger partial charge in [0.2, 0.25) is 11.8 Å². The van der Waals surface area contributed by atoms with E-state index in [0.29, 0.717) is 37.0 Å². The Balaban J connectivity index is 1.59. The lowest BCUT2D eigenvalue weighted by Crippen LogP contribution is -2.35. The molecule has 23 heavy (non-hydrogen) atoms. The fourth-order valence-electron chi connectivity index (χ4n) is 2.70. The van der Waals surface area contributed by atoms with Crippen LogP contribution in [0.15, 0.2) is 28.7 Å². The van der Waals surface area contributed by atoms with Crippen LogP contribution in [0, 0.1) is 12.7 Å². The molecule has 0 saturated carbocycles. The van der Waals surface area contributed by atoms with E-state index in [2.05, 4.69) is 15.1 Å². The Morgan fingerprint density at radius 1 is 1.17 bits per heavy atom. The number of hydrogen-bond donors (Lipinski definition) is 0. The molecule has 1 aliphatic rings. The maximum absolute atomic E-state index is 13.0. The zero-order valence-corrected chi connectivity index (χ0v) is 13.0. The Morgan fingerprint density at radius 2 is 1.96 bits per heavy atom. The molecule has 122 valence electrons. The summed E-state index contributed by atoms with van der Waals surface area (Å²) in [7, 11) is 0. The highest BCUT2D eigenvalue weighted by molar-refractivity contribution is 5.94. The molecule has 0 atom stereocenters. The molecule has 1 amide bonds. The zero-order chi connectivity index (χ0) is 16.2. The van der Waals surface area contributed by atoms with Gasteiger partial charge < -0.3 is 9.32 Å². The number of aromatic nitrogens is 2. The number of aryl methyl sites for hydroxylation is 1. The second kappa shape index (κ2) is 6.87. The van der Waals surface area contributed by atoms with Gasteiger partial charge in [0, 0.05) is 38.7 Å². The molecule has 1 aromatic heterocycles. The standard InChI is InChI=1S/C16H19FN4O2/c1-12-18-19-15(23-12)11-20-7-2-8-21(10-9-20)16(22)13-3-5-14(17)6-4-13/h3-6H,2,7-11H2,1H3. The van der Waals surface area contributed by atoms with Crippen molar-refractivity contribution < 1.29 is 13.6 Å². The SMILES string of the molecule is Cc1nnc(CN2CCCN(C(=O)c3ccc(F)cc3)CC2)o1. The lowest BCUT2D eigenvalue weighted by atomic mass is 10.2. The molecule has 0 spiro atoms. The number of carbonyl (C=O) groups excluding carboxylic acids is 1. The van der Waals surface area contributed by atoms with Crippen LogP contribution in [0.1, 0.15) is 28.6 Å². The second-order valence-electron chi connectivity index (χ2n) is 5.64. The van der Waals surface area contributed by atoms with E-state index < -0.39 is 0 Å². The van der Waals surface area contributed by atoms with Crippen LogP contribution in [0.5, 0.6) is 0 Å². The molecule has 1 fully saturated rings. The van der Waals surface area contributed by atoms with E-state index >= 15 is 0 Å². The van der Waals surface area contributed by atoms with Crippen molar-refractivity contribution >= 4 is 5.91 Å². The second-order valence-corrected chi connectivity index (χ2v) is 5.64. The number of benzene rings is 1. The molecule has 0 aliphatic carbocycles. The average Bonchev–Trinajstić information content (AvgIpc) is 2.81. The summed E-state index contributed by atoms with van der Waals surface area (Å²) in [5, 5.41) is 7.83. The van der Waals surface area contributed by atoms with Crippen molar-refractivity contribution in [1.82, 2.24) is 20.0 Å². The molecule has 6 nitrogen and oxygen atoms in total. The van der Waals surface area contributed by atoms with Crippen LogP contribution in [0.2, 0.25) is 0 Å². The minimum Gasteiger partial charge on any atom is -0.424 e. The number of hydrogen-bond acceptors (Lipinski definition) is 5.